The molecular weight excluding hydrogens is 514 g/mol. The number of nitrogens with one attached hydrogen (secondary N) is 2. The van der Waals surface area contributed by atoms with Crippen molar-refractivity contribution >= 4 is 35.9 Å². The van der Waals surface area contributed by atoms with Crippen molar-refractivity contribution in [1.29, 1.82) is 0 Å². The molecule has 1 aromatic heterocycles. The summed E-state index contributed by atoms with van der Waals surface area (Å²) >= 11 is 0. The van der Waals surface area contributed by atoms with Crippen LogP contribution >= 0.6 is 0 Å². The number of nitrogen functional groups attached to an aromatic ring is 1. The zero-order chi connectivity index (χ0) is 29.6. The number of alkyl carbamates (subject to hydrolysis) is 1. The van der Waals surface area contributed by atoms with Gasteiger partial charge in [-0.1, -0.05) is 42.5 Å². The number of hydrogen-bond acceptors (Lipinski definition) is 8. The van der Waals surface area contributed by atoms with Crippen LogP contribution in [0, 0.1) is 0 Å². The van der Waals surface area contributed by atoms with Gasteiger partial charge in [-0.2, -0.15) is 0 Å². The number of rotatable bonds is 5. The van der Waals surface area contributed by atoms with E-state index in [0.29, 0.717) is 16.9 Å². The largest absolute Gasteiger partial charge is 0.503 e. The lowest BCUT2D eigenvalue weighted by molar-refractivity contribution is -0.118. The maximum absolute atomic E-state index is 13.0. The number of carbonyl (C=O) groups is 4. The number of nitrogens with zero attached hydrogens (tertiary/aromatic N) is 2. The summed E-state index contributed by atoms with van der Waals surface area (Å²) in [4.78, 5) is 50.5. The van der Waals surface area contributed by atoms with E-state index in [0.717, 1.165) is 5.56 Å². The highest BCUT2D eigenvalue weighted by atomic mass is 16.6. The van der Waals surface area contributed by atoms with Gasteiger partial charge < -0.3 is 41.5 Å². The lowest BCUT2D eigenvalue weighted by Gasteiger charge is -2.23. The van der Waals surface area contributed by atoms with E-state index in [9.17, 15) is 9.59 Å². The molecule has 1 atom stereocenters. The van der Waals surface area contributed by atoms with Gasteiger partial charge in [-0.05, 0) is 44.5 Å². The minimum Gasteiger partial charge on any atom is -0.450 e. The van der Waals surface area contributed by atoms with Crippen LogP contribution < -0.4 is 16.4 Å². The van der Waals surface area contributed by atoms with Gasteiger partial charge in [0.25, 0.3) is 5.91 Å². The number of carbonyl (C=O) groups excluding carboxylic acids is 2. The summed E-state index contributed by atoms with van der Waals surface area (Å²) in [5.74, 6) is -0.204. The summed E-state index contributed by atoms with van der Waals surface area (Å²) < 4.78 is 5.31. The highest BCUT2D eigenvalue weighted by Gasteiger charge is 2.26. The van der Waals surface area contributed by atoms with E-state index >= 15 is 0 Å². The third-order valence-electron chi connectivity index (χ3n) is 4.18. The Balaban J connectivity index is 0.000000838. The number of aromatic nitrogens is 2. The molecule has 0 aliphatic heterocycles. The highest BCUT2D eigenvalue weighted by molar-refractivity contribution is 5.97. The van der Waals surface area contributed by atoms with E-state index in [1.807, 2.05) is 18.2 Å². The molecule has 0 saturated heterocycles. The molecule has 14 heteroatoms. The Morgan fingerprint density at radius 1 is 0.872 bits per heavy atom. The Bertz CT molecular complexity index is 1230. The summed E-state index contributed by atoms with van der Waals surface area (Å²) in [6.07, 6.45) is -2.76. The Morgan fingerprint density at radius 3 is 1.90 bits per heavy atom. The first-order chi connectivity index (χ1) is 18.2. The predicted octanol–water partition coefficient (Wildman–Crippen LogP) is 4.38. The van der Waals surface area contributed by atoms with Gasteiger partial charge in [0.1, 0.15) is 11.6 Å². The number of anilines is 2. The van der Waals surface area contributed by atoms with Crippen molar-refractivity contribution in [2.75, 3.05) is 11.1 Å². The van der Waals surface area contributed by atoms with Gasteiger partial charge in [0, 0.05) is 17.4 Å². The maximum atomic E-state index is 13.0. The van der Waals surface area contributed by atoms with Gasteiger partial charge in [0.2, 0.25) is 5.95 Å². The van der Waals surface area contributed by atoms with Gasteiger partial charge >= 0.3 is 18.4 Å². The van der Waals surface area contributed by atoms with Crippen LogP contribution in [0.1, 0.15) is 32.4 Å². The molecule has 8 N–H and O–H groups in total. The van der Waals surface area contributed by atoms with Crippen molar-refractivity contribution in [2.45, 2.75) is 32.4 Å². The summed E-state index contributed by atoms with van der Waals surface area (Å²) in [6.45, 7) is 5.28. The van der Waals surface area contributed by atoms with Crippen molar-refractivity contribution in [3.63, 3.8) is 0 Å². The van der Waals surface area contributed by atoms with Gasteiger partial charge in [0.15, 0.2) is 0 Å². The first-order valence-corrected chi connectivity index (χ1v) is 11.1. The van der Waals surface area contributed by atoms with Crippen LogP contribution in [0.15, 0.2) is 66.9 Å². The van der Waals surface area contributed by atoms with E-state index in [1.165, 1.54) is 0 Å². The number of amides is 2. The van der Waals surface area contributed by atoms with Gasteiger partial charge in [-0.15, -0.1) is 0 Å². The minimum absolute atomic E-state index is 0.189. The maximum Gasteiger partial charge on any atom is 0.503 e. The fraction of sp³-hybridized carbons (Fsp3) is 0.200. The van der Waals surface area contributed by atoms with E-state index in [2.05, 4.69) is 20.6 Å². The third kappa shape index (κ3) is 13.5. The van der Waals surface area contributed by atoms with Gasteiger partial charge in [-0.25, -0.2) is 24.4 Å². The SMILES string of the molecule is CC(C)(C)OC(=O)N[C@@H](C(=O)Nc1ccc(-c2ccnc(N)n2)cc1)c1ccccc1.O=C(O)O.O=C(O)O. The number of benzene rings is 2. The average molecular weight is 544 g/mol. The van der Waals surface area contributed by atoms with Crippen LogP contribution in [0.4, 0.5) is 26.0 Å². The molecule has 0 saturated carbocycles. The fourth-order valence-corrected chi connectivity index (χ4v) is 2.84. The van der Waals surface area contributed by atoms with Crippen molar-refractivity contribution in [3.8, 4) is 11.3 Å². The van der Waals surface area contributed by atoms with Gasteiger partial charge in [0.05, 0.1) is 5.69 Å². The second kappa shape index (κ2) is 15.0. The minimum atomic E-state index is -1.83. The molecule has 1 heterocycles. The zero-order valence-corrected chi connectivity index (χ0v) is 21.2. The summed E-state index contributed by atoms with van der Waals surface area (Å²) in [5, 5.41) is 33.4. The molecule has 0 aliphatic rings. The molecule has 0 fully saturated rings. The number of ether oxygens (including phenoxy) is 1. The summed E-state index contributed by atoms with van der Waals surface area (Å²) in [6, 6.07) is 16.9. The number of carboxylic acid groups (broad SMARTS) is 4. The normalized spacial score (nSPS) is 10.7. The Kier molecular flexibility index (Phi) is 12.2. The quantitative estimate of drug-likeness (QED) is 0.237. The van der Waals surface area contributed by atoms with Crippen molar-refractivity contribution in [1.82, 2.24) is 15.3 Å². The van der Waals surface area contributed by atoms with Crippen LogP contribution in [0.2, 0.25) is 0 Å². The smallest absolute Gasteiger partial charge is 0.450 e. The lowest BCUT2D eigenvalue weighted by atomic mass is 10.1. The van der Waals surface area contributed by atoms with E-state index in [-0.39, 0.29) is 5.95 Å². The monoisotopic (exact) mass is 543 g/mol. The Morgan fingerprint density at radius 2 is 1.41 bits per heavy atom. The van der Waals surface area contributed by atoms with Crippen molar-refractivity contribution in [3.05, 3.63) is 72.4 Å². The molecule has 2 aromatic carbocycles. The van der Waals surface area contributed by atoms with Crippen molar-refractivity contribution < 1.29 is 44.3 Å². The van der Waals surface area contributed by atoms with Crippen molar-refractivity contribution in [2.24, 2.45) is 0 Å². The second-order valence-electron chi connectivity index (χ2n) is 8.42. The highest BCUT2D eigenvalue weighted by Crippen LogP contribution is 2.22. The van der Waals surface area contributed by atoms with Crippen LogP contribution in [0.5, 0.6) is 0 Å². The number of nitrogens with two attached hydrogens (primary N) is 1. The first kappa shape index (κ1) is 31.6. The third-order valence-corrected chi connectivity index (χ3v) is 4.18. The second-order valence-corrected chi connectivity index (χ2v) is 8.42. The average Bonchev–Trinajstić information content (AvgIpc) is 2.82. The molecule has 3 aromatic rings. The fourth-order valence-electron chi connectivity index (χ4n) is 2.84. The zero-order valence-electron chi connectivity index (χ0n) is 21.2. The molecule has 2 amide bonds. The van der Waals surface area contributed by atoms with E-state index < -0.39 is 36.0 Å². The van der Waals surface area contributed by atoms with Crippen LogP contribution in [0.25, 0.3) is 11.3 Å². The van der Waals surface area contributed by atoms with Crippen LogP contribution in [-0.2, 0) is 9.53 Å². The topological polar surface area (TPSA) is 234 Å². The lowest BCUT2D eigenvalue weighted by Crippen LogP contribution is -2.40. The molecule has 3 rings (SSSR count). The standard InChI is InChI=1S/C23H25N5O3.2CH2O3/c1-23(2,3)31-22(30)28-19(16-7-5-4-6-8-16)20(29)26-17-11-9-15(10-12-17)18-13-14-25-21(24)27-18;2*2-1(3)4/h4-14,19H,1-3H3,(H,26,29)(H,28,30)(H2,24,25,27);2*(H2,2,3,4)/t19-;;/m1../s1. The van der Waals surface area contributed by atoms with Crippen LogP contribution in [-0.4, -0.2) is 60.3 Å². The van der Waals surface area contributed by atoms with Crippen LogP contribution in [0.3, 0.4) is 0 Å². The number of hydrogen-bond donors (Lipinski definition) is 7. The first-order valence-electron chi connectivity index (χ1n) is 11.1. The molecule has 0 unspecified atom stereocenters. The summed E-state index contributed by atoms with van der Waals surface area (Å²) in [7, 11) is 0. The molecule has 208 valence electrons. The molecule has 14 nitrogen and oxygen atoms in total. The molecule has 0 spiro atoms. The van der Waals surface area contributed by atoms with E-state index in [4.69, 9.17) is 40.5 Å². The molecule has 0 aliphatic carbocycles. The molecular formula is C25H29N5O9. The van der Waals surface area contributed by atoms with E-state index in [1.54, 1.807) is 69.4 Å². The summed E-state index contributed by atoms with van der Waals surface area (Å²) in [5.41, 5.74) is 7.68. The Hall–Kier alpha value is -5.40. The molecule has 39 heavy (non-hydrogen) atoms. The van der Waals surface area contributed by atoms with Gasteiger partial charge in [-0.3, -0.25) is 4.79 Å². The Labute approximate surface area is 223 Å². The molecule has 0 bridgehead atoms. The predicted molar refractivity (Wildman–Crippen MR) is 140 cm³/mol. The molecule has 0 radical (unpaired) electrons.